The molecular formula is C12H17INNaO3. The third-order valence-electron chi connectivity index (χ3n) is 2.20. The van der Waals surface area contributed by atoms with Crippen LogP contribution in [0.25, 0.3) is 0 Å². The first kappa shape index (κ1) is 20.5. The van der Waals surface area contributed by atoms with Gasteiger partial charge < -0.3 is 15.9 Å². The van der Waals surface area contributed by atoms with Crippen LogP contribution in [0, 0.1) is 6.92 Å². The molecule has 0 spiro atoms. The SMILES string of the molecule is CCC(I)C(=O)O.Cc1cccc(C[O-])c1N.[Na+]. The van der Waals surface area contributed by atoms with Crippen LogP contribution in [0.4, 0.5) is 5.69 Å². The minimum absolute atomic E-state index is 0. The van der Waals surface area contributed by atoms with E-state index >= 15 is 0 Å². The molecule has 0 bridgehead atoms. The number of carboxylic acid groups (broad SMARTS) is 1. The Bertz CT molecular complexity index is 374. The number of benzene rings is 1. The van der Waals surface area contributed by atoms with Crippen molar-refractivity contribution in [3.05, 3.63) is 29.3 Å². The van der Waals surface area contributed by atoms with Crippen molar-refractivity contribution in [2.24, 2.45) is 0 Å². The molecule has 1 aromatic carbocycles. The van der Waals surface area contributed by atoms with Crippen molar-refractivity contribution in [2.75, 3.05) is 5.73 Å². The fourth-order valence-electron chi connectivity index (χ4n) is 1.04. The molecule has 0 aliphatic heterocycles. The summed E-state index contributed by atoms with van der Waals surface area (Å²) in [6.07, 6.45) is 0.704. The van der Waals surface area contributed by atoms with Crippen LogP contribution in [0.1, 0.15) is 24.5 Å². The molecule has 0 heterocycles. The third kappa shape index (κ3) is 7.58. The molecule has 1 aromatic rings. The maximum absolute atomic E-state index is 10.4. The van der Waals surface area contributed by atoms with Gasteiger partial charge in [0.25, 0.3) is 0 Å². The number of aliphatic carboxylic acids is 1. The Morgan fingerprint density at radius 3 is 2.39 bits per heavy atom. The Kier molecular flexibility index (Phi) is 12.6. The minimum Gasteiger partial charge on any atom is -0.851 e. The van der Waals surface area contributed by atoms with E-state index in [1.54, 1.807) is 6.07 Å². The number of carboxylic acids is 1. The molecule has 0 aromatic heterocycles. The quantitative estimate of drug-likeness (QED) is 0.299. The Hall–Kier alpha value is 0.180. The average Bonchev–Trinajstić information content (AvgIpc) is 2.32. The molecule has 0 amide bonds. The van der Waals surface area contributed by atoms with Gasteiger partial charge in [0.05, 0.1) is 0 Å². The van der Waals surface area contributed by atoms with Gasteiger partial charge >= 0.3 is 35.5 Å². The van der Waals surface area contributed by atoms with Gasteiger partial charge in [-0.2, -0.15) is 0 Å². The summed E-state index contributed by atoms with van der Waals surface area (Å²) >= 11 is 1.90. The van der Waals surface area contributed by atoms with Crippen LogP contribution in [0.2, 0.25) is 0 Å². The molecular weight excluding hydrogens is 356 g/mol. The van der Waals surface area contributed by atoms with Crippen molar-refractivity contribution >= 4 is 34.2 Å². The van der Waals surface area contributed by atoms with Crippen LogP contribution in [-0.2, 0) is 11.4 Å². The predicted molar refractivity (Wildman–Crippen MR) is 75.0 cm³/mol. The van der Waals surface area contributed by atoms with Gasteiger partial charge in [-0.1, -0.05) is 47.7 Å². The summed E-state index contributed by atoms with van der Waals surface area (Å²) in [6, 6.07) is 5.50. The zero-order chi connectivity index (χ0) is 13.4. The second kappa shape index (κ2) is 11.0. The largest absolute Gasteiger partial charge is 1.00 e. The van der Waals surface area contributed by atoms with E-state index in [1.165, 1.54) is 0 Å². The summed E-state index contributed by atoms with van der Waals surface area (Å²) < 4.78 is -0.211. The molecule has 96 valence electrons. The number of halogens is 1. The molecule has 1 rings (SSSR count). The Balaban J connectivity index is 0. The van der Waals surface area contributed by atoms with Gasteiger partial charge in [0.2, 0.25) is 0 Å². The number of nitrogen functional groups attached to an aromatic ring is 1. The number of hydrogen-bond acceptors (Lipinski definition) is 3. The summed E-state index contributed by atoms with van der Waals surface area (Å²) in [5, 5.41) is 18.6. The molecule has 3 N–H and O–H groups in total. The summed E-state index contributed by atoms with van der Waals surface area (Å²) in [5.74, 6) is -0.719. The van der Waals surface area contributed by atoms with Crippen molar-refractivity contribution in [1.82, 2.24) is 0 Å². The zero-order valence-corrected chi connectivity index (χ0v) is 15.1. The minimum atomic E-state index is -0.719. The molecule has 0 aliphatic carbocycles. The third-order valence-corrected chi connectivity index (χ3v) is 3.61. The smallest absolute Gasteiger partial charge is 0.851 e. The van der Waals surface area contributed by atoms with Gasteiger partial charge in [-0.3, -0.25) is 4.79 Å². The molecule has 0 saturated heterocycles. The molecule has 0 fully saturated rings. The van der Waals surface area contributed by atoms with Crippen LogP contribution < -0.4 is 40.4 Å². The molecule has 4 nitrogen and oxygen atoms in total. The van der Waals surface area contributed by atoms with Crippen LogP contribution in [0.5, 0.6) is 0 Å². The van der Waals surface area contributed by atoms with E-state index in [2.05, 4.69) is 0 Å². The van der Waals surface area contributed by atoms with Gasteiger partial charge in [-0.05, 0) is 24.5 Å². The second-order valence-corrected chi connectivity index (χ2v) is 5.01. The summed E-state index contributed by atoms with van der Waals surface area (Å²) in [4.78, 5) is 9.92. The summed E-state index contributed by atoms with van der Waals surface area (Å²) in [5.41, 5.74) is 7.90. The fraction of sp³-hybridized carbons (Fsp3) is 0.417. The Labute approximate surface area is 143 Å². The van der Waals surface area contributed by atoms with Gasteiger partial charge in [-0.15, -0.1) is 6.61 Å². The van der Waals surface area contributed by atoms with Crippen molar-refractivity contribution in [1.29, 1.82) is 0 Å². The predicted octanol–water partition coefficient (Wildman–Crippen LogP) is -1.27. The van der Waals surface area contributed by atoms with Crippen LogP contribution in [-0.4, -0.2) is 15.0 Å². The number of anilines is 1. The first-order valence-corrected chi connectivity index (χ1v) is 6.47. The Morgan fingerprint density at radius 2 is 2.11 bits per heavy atom. The van der Waals surface area contributed by atoms with E-state index < -0.39 is 5.97 Å². The average molecular weight is 373 g/mol. The molecule has 18 heavy (non-hydrogen) atoms. The van der Waals surface area contributed by atoms with Crippen molar-refractivity contribution in [3.63, 3.8) is 0 Å². The molecule has 0 radical (unpaired) electrons. The normalized spacial score (nSPS) is 10.7. The molecule has 6 heteroatoms. The van der Waals surface area contributed by atoms with Crippen LogP contribution in [0.15, 0.2) is 18.2 Å². The zero-order valence-electron chi connectivity index (χ0n) is 10.9. The molecule has 0 aliphatic rings. The first-order chi connectivity index (χ1) is 7.93. The fourth-order valence-corrected chi connectivity index (χ4v) is 1.04. The van der Waals surface area contributed by atoms with E-state index in [0.29, 0.717) is 17.7 Å². The number of nitrogens with two attached hydrogens (primary N) is 1. The number of alkyl halides is 1. The molecule has 1 unspecified atom stereocenters. The monoisotopic (exact) mass is 373 g/mol. The molecule has 0 saturated carbocycles. The first-order valence-electron chi connectivity index (χ1n) is 5.22. The number of hydrogen-bond donors (Lipinski definition) is 2. The number of aryl methyl sites for hydroxylation is 1. The van der Waals surface area contributed by atoms with E-state index in [9.17, 15) is 9.90 Å². The van der Waals surface area contributed by atoms with E-state index in [-0.39, 0.29) is 40.1 Å². The van der Waals surface area contributed by atoms with E-state index in [1.807, 2.05) is 48.6 Å². The van der Waals surface area contributed by atoms with Gasteiger partial charge in [0.15, 0.2) is 0 Å². The maximum Gasteiger partial charge on any atom is 1.00 e. The van der Waals surface area contributed by atoms with Crippen molar-refractivity contribution in [3.8, 4) is 0 Å². The van der Waals surface area contributed by atoms with Gasteiger partial charge in [0.1, 0.15) is 3.92 Å². The standard InChI is InChI=1S/C8H10NO.C4H7IO2.Na/c1-6-3-2-4-7(5-10)8(6)9;1-2-3(5)4(6)7;/h2-4H,5,9H2,1H3;3H,2H2,1H3,(H,6,7);/q-1;;+1. The topological polar surface area (TPSA) is 86.4 Å². The molecule has 1 atom stereocenters. The van der Waals surface area contributed by atoms with Crippen LogP contribution >= 0.6 is 22.6 Å². The van der Waals surface area contributed by atoms with Crippen molar-refractivity contribution < 1.29 is 44.6 Å². The Morgan fingerprint density at radius 1 is 1.56 bits per heavy atom. The van der Waals surface area contributed by atoms with E-state index in [4.69, 9.17) is 10.8 Å². The van der Waals surface area contributed by atoms with Gasteiger partial charge in [-0.25, -0.2) is 0 Å². The maximum atomic E-state index is 10.4. The number of carbonyl (C=O) groups is 1. The number of para-hydroxylation sites is 1. The van der Waals surface area contributed by atoms with E-state index in [0.717, 1.165) is 5.56 Å². The number of rotatable bonds is 3. The van der Waals surface area contributed by atoms with Crippen molar-refractivity contribution in [2.45, 2.75) is 30.8 Å². The second-order valence-electron chi connectivity index (χ2n) is 3.51. The summed E-state index contributed by atoms with van der Waals surface area (Å²) in [6.45, 7) is 3.52. The van der Waals surface area contributed by atoms with Crippen LogP contribution in [0.3, 0.4) is 0 Å². The summed E-state index contributed by atoms with van der Waals surface area (Å²) in [7, 11) is 0. The van der Waals surface area contributed by atoms with Gasteiger partial charge in [0, 0.05) is 5.69 Å².